The van der Waals surface area contributed by atoms with Crippen molar-refractivity contribution in [3.8, 4) is 0 Å². The lowest BCUT2D eigenvalue weighted by atomic mass is 9.97. The fraction of sp³-hybridized carbons (Fsp3) is 0.895. The highest BCUT2D eigenvalue weighted by atomic mass is 16.8. The first-order valence-electron chi connectivity index (χ1n) is 19.9. The third-order valence-electron chi connectivity index (χ3n) is 9.09. The average Bonchev–Trinajstić information content (AvgIpc) is 3.15. The second-order valence-corrected chi connectivity index (χ2v) is 13.9. The Morgan fingerprint density at radius 2 is 0.963 bits per heavy atom. The number of unbranched alkanes of at least 4 members (excludes halogenated alkanes) is 10. The van der Waals surface area contributed by atoms with Gasteiger partial charge in [0.1, 0.15) is 37.1 Å². The Bertz CT molecular complexity index is 1040. The third kappa shape index (κ3) is 18.9. The number of carbonyl (C=O) groups is 4. The smallest absolute Gasteiger partial charge is 0.306 e. The number of aliphatic hydroxyl groups is 6. The van der Waals surface area contributed by atoms with E-state index in [1.807, 2.05) is 20.8 Å². The maximum atomic E-state index is 13.3. The van der Waals surface area contributed by atoms with Gasteiger partial charge in [-0.15, -0.1) is 0 Å². The van der Waals surface area contributed by atoms with Gasteiger partial charge in [-0.1, -0.05) is 91.9 Å². The van der Waals surface area contributed by atoms with Gasteiger partial charge in [-0.2, -0.15) is 0 Å². The van der Waals surface area contributed by atoms with Crippen LogP contribution >= 0.6 is 0 Å². The molecule has 0 amide bonds. The van der Waals surface area contributed by atoms with Gasteiger partial charge in [0.15, 0.2) is 24.6 Å². The van der Waals surface area contributed by atoms with Crippen molar-refractivity contribution < 1.29 is 78.2 Å². The maximum absolute atomic E-state index is 13.3. The number of rotatable bonds is 30. The van der Waals surface area contributed by atoms with Crippen LogP contribution in [0.15, 0.2) is 0 Å². The summed E-state index contributed by atoms with van der Waals surface area (Å²) >= 11 is 0. The first kappa shape index (κ1) is 49.6. The van der Waals surface area contributed by atoms with Gasteiger partial charge in [0.25, 0.3) is 0 Å². The van der Waals surface area contributed by atoms with Gasteiger partial charge in [0.05, 0.1) is 6.61 Å². The molecule has 0 aromatic rings. The third-order valence-corrected chi connectivity index (χ3v) is 9.09. The van der Waals surface area contributed by atoms with Gasteiger partial charge in [-0.3, -0.25) is 19.2 Å². The van der Waals surface area contributed by atoms with E-state index in [1.165, 1.54) is 0 Å². The van der Waals surface area contributed by atoms with Crippen molar-refractivity contribution >= 4 is 23.9 Å². The van der Waals surface area contributed by atoms with E-state index in [0.29, 0.717) is 32.1 Å². The van der Waals surface area contributed by atoms with Crippen LogP contribution < -0.4 is 0 Å². The van der Waals surface area contributed by atoms with Gasteiger partial charge in [-0.05, 0) is 25.7 Å². The Hall–Kier alpha value is -2.44. The highest BCUT2D eigenvalue weighted by Gasteiger charge is 2.54. The summed E-state index contributed by atoms with van der Waals surface area (Å²) in [6.07, 6.45) is -8.86. The largest absolute Gasteiger partial charge is 0.463 e. The summed E-state index contributed by atoms with van der Waals surface area (Å²) in [5, 5.41) is 61.1. The van der Waals surface area contributed by atoms with Crippen LogP contribution in [0.25, 0.3) is 0 Å². The lowest BCUT2D eigenvalue weighted by Gasteiger charge is -2.45. The van der Waals surface area contributed by atoms with Crippen LogP contribution in [0, 0.1) is 0 Å². The molecule has 0 aromatic heterocycles. The summed E-state index contributed by atoms with van der Waals surface area (Å²) in [6.45, 7) is 6.41. The predicted molar refractivity (Wildman–Crippen MR) is 193 cm³/mol. The number of aliphatic hydroxyl groups excluding tert-OH is 6. The Balaban J connectivity index is 3.64. The van der Waals surface area contributed by atoms with E-state index >= 15 is 0 Å². The van der Waals surface area contributed by atoms with E-state index in [1.54, 1.807) is 0 Å². The SMILES string of the molecule is CCCCCCCC(=O)O[C@@H]1[C@@H](OC(O)[C@@H](O)[C@H](O)[C@@H](O)[C@@H](O)CO)O[C@H](COC(=O)CCCCC)[C@@H](OC(=O)CCCCC)[C@@H]1OC(=O)CCCCC. The minimum atomic E-state index is -2.40. The van der Waals surface area contributed by atoms with Crippen molar-refractivity contribution in [2.75, 3.05) is 13.2 Å². The van der Waals surface area contributed by atoms with Gasteiger partial charge in [-0.25, -0.2) is 0 Å². The number of hydrogen-bond donors (Lipinski definition) is 6. The zero-order valence-electron chi connectivity index (χ0n) is 32.7. The van der Waals surface area contributed by atoms with Crippen molar-refractivity contribution in [1.82, 2.24) is 0 Å². The first-order valence-corrected chi connectivity index (χ1v) is 19.9. The van der Waals surface area contributed by atoms with Crippen LogP contribution in [0.5, 0.6) is 0 Å². The second kappa shape index (κ2) is 28.9. The predicted octanol–water partition coefficient (Wildman–Crippen LogP) is 2.86. The number of hydrogen-bond acceptors (Lipinski definition) is 16. The van der Waals surface area contributed by atoms with E-state index in [0.717, 1.165) is 57.8 Å². The van der Waals surface area contributed by atoms with Crippen molar-refractivity contribution in [1.29, 1.82) is 0 Å². The van der Waals surface area contributed by atoms with Crippen molar-refractivity contribution in [3.63, 3.8) is 0 Å². The van der Waals surface area contributed by atoms with E-state index in [9.17, 15) is 49.8 Å². The molecule has 1 unspecified atom stereocenters. The first-order chi connectivity index (χ1) is 25.8. The molecule has 6 N–H and O–H groups in total. The Morgan fingerprint density at radius 3 is 1.46 bits per heavy atom. The molecule has 1 saturated heterocycles. The Morgan fingerprint density at radius 1 is 0.537 bits per heavy atom. The molecule has 316 valence electrons. The zero-order valence-corrected chi connectivity index (χ0v) is 32.7. The van der Waals surface area contributed by atoms with Crippen LogP contribution in [0.2, 0.25) is 0 Å². The van der Waals surface area contributed by atoms with Crippen molar-refractivity contribution in [3.05, 3.63) is 0 Å². The molecule has 0 aliphatic carbocycles. The molecular weight excluding hydrogens is 712 g/mol. The average molecular weight is 781 g/mol. The molecule has 1 fully saturated rings. The van der Waals surface area contributed by atoms with Crippen molar-refractivity contribution in [2.24, 2.45) is 0 Å². The van der Waals surface area contributed by atoms with Gasteiger partial charge in [0.2, 0.25) is 6.29 Å². The van der Waals surface area contributed by atoms with Gasteiger partial charge < -0.3 is 59.1 Å². The molecular formula is C38H68O16. The second-order valence-electron chi connectivity index (χ2n) is 13.9. The Labute approximate surface area is 319 Å². The quantitative estimate of drug-likeness (QED) is 0.0266. The fourth-order valence-corrected chi connectivity index (χ4v) is 5.76. The molecule has 1 aliphatic rings. The van der Waals surface area contributed by atoms with E-state index in [-0.39, 0.29) is 25.7 Å². The molecule has 1 rings (SSSR count). The minimum Gasteiger partial charge on any atom is -0.463 e. The molecule has 0 bridgehead atoms. The summed E-state index contributed by atoms with van der Waals surface area (Å²) in [5.74, 6) is -2.75. The van der Waals surface area contributed by atoms with Crippen LogP contribution in [0.1, 0.15) is 143 Å². The highest BCUT2D eigenvalue weighted by Crippen LogP contribution is 2.32. The standard InChI is InChI=1S/C38H68O16/c1-5-9-13-14-18-22-30(44)53-36-35(52-29(43)21-17-12-8-4)34(51-28(42)20-16-11-7-3)26(24-49-27(41)19-15-10-6-2)50-38(36)54-37(48)33(47)32(46)31(45)25(40)23-39/h25-26,31-40,45-48H,5-24H2,1-4H3/t25-,26+,31-,32+,33-,34+,35-,36-,37?,38+/m0/s1. The molecule has 1 heterocycles. The van der Waals surface area contributed by atoms with Gasteiger partial charge in [0, 0.05) is 25.7 Å². The molecule has 0 saturated carbocycles. The molecule has 0 aromatic carbocycles. The fourth-order valence-electron chi connectivity index (χ4n) is 5.76. The van der Waals surface area contributed by atoms with Crippen LogP contribution in [0.4, 0.5) is 0 Å². The van der Waals surface area contributed by atoms with Gasteiger partial charge >= 0.3 is 23.9 Å². The van der Waals surface area contributed by atoms with Crippen LogP contribution in [0.3, 0.4) is 0 Å². The topological polar surface area (TPSA) is 245 Å². The summed E-state index contributed by atoms with van der Waals surface area (Å²) in [6, 6.07) is 0. The molecule has 1 aliphatic heterocycles. The molecule has 0 radical (unpaired) electrons. The summed E-state index contributed by atoms with van der Waals surface area (Å²) in [5.41, 5.74) is 0. The van der Waals surface area contributed by atoms with E-state index < -0.39 is 98.5 Å². The summed E-state index contributed by atoms with van der Waals surface area (Å²) in [4.78, 5) is 52.4. The van der Waals surface area contributed by atoms with Crippen LogP contribution in [-0.2, 0) is 47.6 Å². The molecule has 16 nitrogen and oxygen atoms in total. The maximum Gasteiger partial charge on any atom is 0.306 e. The number of carbonyl (C=O) groups excluding carboxylic acids is 4. The summed E-state index contributed by atoms with van der Waals surface area (Å²) in [7, 11) is 0. The van der Waals surface area contributed by atoms with E-state index in [2.05, 4.69) is 6.92 Å². The zero-order chi connectivity index (χ0) is 40.5. The molecule has 16 heteroatoms. The Kier molecular flexibility index (Phi) is 26.5. The number of esters is 4. The lowest BCUT2D eigenvalue weighted by Crippen LogP contribution is -2.64. The van der Waals surface area contributed by atoms with E-state index in [4.69, 9.17) is 28.4 Å². The highest BCUT2D eigenvalue weighted by molar-refractivity contribution is 5.72. The lowest BCUT2D eigenvalue weighted by molar-refractivity contribution is -0.349. The summed E-state index contributed by atoms with van der Waals surface area (Å²) < 4.78 is 34.7. The van der Waals surface area contributed by atoms with Crippen LogP contribution in [-0.4, -0.2) is 129 Å². The molecule has 54 heavy (non-hydrogen) atoms. The monoisotopic (exact) mass is 780 g/mol. The normalized spacial score (nSPS) is 22.7. The molecule has 10 atom stereocenters. The number of ether oxygens (including phenoxy) is 6. The van der Waals surface area contributed by atoms with Crippen molar-refractivity contribution in [2.45, 2.75) is 205 Å². The molecule has 0 spiro atoms. The minimum absolute atomic E-state index is 0.00200.